The normalized spacial score (nSPS) is 28.1. The molecule has 1 aliphatic carbocycles. The molecule has 0 heterocycles. The topological polar surface area (TPSA) is 20.2 Å². The van der Waals surface area contributed by atoms with Gasteiger partial charge in [-0.2, -0.15) is 0 Å². The van der Waals surface area contributed by atoms with Crippen LogP contribution in [0.3, 0.4) is 0 Å². The molecule has 0 saturated heterocycles. The highest BCUT2D eigenvalue weighted by Crippen LogP contribution is 2.46. The summed E-state index contributed by atoms with van der Waals surface area (Å²) in [4.78, 5) is 0. The molecule has 1 aliphatic rings. The van der Waals surface area contributed by atoms with Gasteiger partial charge in [0.15, 0.2) is 0 Å². The molecule has 0 aliphatic heterocycles. The van der Waals surface area contributed by atoms with Gasteiger partial charge in [0.05, 0.1) is 5.60 Å². The first-order chi connectivity index (χ1) is 7.82. The lowest BCUT2D eigenvalue weighted by atomic mass is 9.67. The monoisotopic (exact) mass is 236 g/mol. The van der Waals surface area contributed by atoms with Crippen molar-refractivity contribution < 1.29 is 9.50 Å². The molecular weight excluding hydrogens is 215 g/mol. The van der Waals surface area contributed by atoms with Crippen LogP contribution in [0.25, 0.3) is 0 Å². The van der Waals surface area contributed by atoms with E-state index in [1.165, 1.54) is 6.07 Å². The molecule has 1 N–H and O–H groups in total. The van der Waals surface area contributed by atoms with E-state index in [-0.39, 0.29) is 11.2 Å². The second-order valence-electron chi connectivity index (χ2n) is 6.19. The Labute approximate surface area is 103 Å². The lowest BCUT2D eigenvalue weighted by molar-refractivity contribution is -0.0441. The fourth-order valence-electron chi connectivity index (χ4n) is 3.01. The van der Waals surface area contributed by atoms with Crippen molar-refractivity contribution in [3.8, 4) is 0 Å². The van der Waals surface area contributed by atoms with Crippen molar-refractivity contribution in [2.24, 2.45) is 5.41 Å². The molecule has 2 rings (SSSR count). The first kappa shape index (κ1) is 12.6. The van der Waals surface area contributed by atoms with Gasteiger partial charge < -0.3 is 5.11 Å². The van der Waals surface area contributed by atoms with Crippen molar-refractivity contribution in [3.63, 3.8) is 0 Å². The quantitative estimate of drug-likeness (QED) is 0.783. The highest BCUT2D eigenvalue weighted by atomic mass is 19.1. The molecule has 1 atom stereocenters. The van der Waals surface area contributed by atoms with Crippen molar-refractivity contribution in [1.82, 2.24) is 0 Å². The number of hydrogen-bond donors (Lipinski definition) is 1. The van der Waals surface area contributed by atoms with E-state index < -0.39 is 5.60 Å². The van der Waals surface area contributed by atoms with Gasteiger partial charge in [0, 0.05) is 0 Å². The summed E-state index contributed by atoms with van der Waals surface area (Å²) in [6.45, 7) is 6.12. The maximum atomic E-state index is 13.3. The number of aryl methyl sites for hydroxylation is 1. The standard InChI is InChI=1S/C15H21FO/c1-11-9-12(5-6-13(11)16)15(17)8-4-7-14(2,3)10-15/h5-6,9,17H,4,7-8,10H2,1-3H3. The summed E-state index contributed by atoms with van der Waals surface area (Å²) >= 11 is 0. The Balaban J connectivity index is 2.34. The number of halogens is 1. The summed E-state index contributed by atoms with van der Waals surface area (Å²) in [5, 5.41) is 10.8. The predicted molar refractivity (Wildman–Crippen MR) is 67.3 cm³/mol. The zero-order chi connectivity index (χ0) is 12.7. The summed E-state index contributed by atoms with van der Waals surface area (Å²) in [7, 11) is 0. The van der Waals surface area contributed by atoms with E-state index in [1.807, 2.05) is 0 Å². The number of rotatable bonds is 1. The average Bonchev–Trinajstić information content (AvgIpc) is 2.20. The second kappa shape index (κ2) is 4.09. The van der Waals surface area contributed by atoms with Gasteiger partial charge in [-0.1, -0.05) is 26.0 Å². The average molecular weight is 236 g/mol. The minimum Gasteiger partial charge on any atom is -0.385 e. The van der Waals surface area contributed by atoms with E-state index in [4.69, 9.17) is 0 Å². The molecule has 1 saturated carbocycles. The Morgan fingerprint density at radius 2 is 1.94 bits per heavy atom. The van der Waals surface area contributed by atoms with Crippen molar-refractivity contribution in [3.05, 3.63) is 35.1 Å². The molecule has 0 spiro atoms. The van der Waals surface area contributed by atoms with Crippen molar-refractivity contribution in [2.45, 2.75) is 52.1 Å². The van der Waals surface area contributed by atoms with Crippen LogP contribution in [-0.4, -0.2) is 5.11 Å². The maximum absolute atomic E-state index is 13.3. The van der Waals surface area contributed by atoms with Crippen LogP contribution in [0.15, 0.2) is 18.2 Å². The van der Waals surface area contributed by atoms with Gasteiger partial charge in [-0.05, 0) is 55.2 Å². The molecule has 1 nitrogen and oxygen atoms in total. The number of aliphatic hydroxyl groups is 1. The van der Waals surface area contributed by atoms with Crippen LogP contribution in [0, 0.1) is 18.2 Å². The third-order valence-electron chi connectivity index (χ3n) is 3.91. The molecule has 1 aromatic carbocycles. The van der Waals surface area contributed by atoms with Crippen LogP contribution >= 0.6 is 0 Å². The van der Waals surface area contributed by atoms with Gasteiger partial charge in [0.25, 0.3) is 0 Å². The summed E-state index contributed by atoms with van der Waals surface area (Å²) < 4.78 is 13.3. The van der Waals surface area contributed by atoms with Gasteiger partial charge in [-0.3, -0.25) is 0 Å². The minimum atomic E-state index is -0.778. The molecule has 0 amide bonds. The maximum Gasteiger partial charge on any atom is 0.126 e. The van der Waals surface area contributed by atoms with E-state index in [9.17, 15) is 9.50 Å². The van der Waals surface area contributed by atoms with E-state index in [1.54, 1.807) is 19.1 Å². The number of hydrogen-bond acceptors (Lipinski definition) is 1. The molecule has 0 bridgehead atoms. The van der Waals surface area contributed by atoms with Gasteiger partial charge in [-0.25, -0.2) is 4.39 Å². The van der Waals surface area contributed by atoms with Crippen LogP contribution in [0.1, 0.15) is 50.7 Å². The number of benzene rings is 1. The molecular formula is C15H21FO. The van der Waals surface area contributed by atoms with E-state index >= 15 is 0 Å². The molecule has 94 valence electrons. The molecule has 0 aromatic heterocycles. The van der Waals surface area contributed by atoms with Crippen LogP contribution in [-0.2, 0) is 5.60 Å². The SMILES string of the molecule is Cc1cc(C2(O)CCCC(C)(C)C2)ccc1F. The molecule has 17 heavy (non-hydrogen) atoms. The molecule has 0 radical (unpaired) electrons. The van der Waals surface area contributed by atoms with E-state index in [2.05, 4.69) is 13.8 Å². The minimum absolute atomic E-state index is 0.162. The van der Waals surface area contributed by atoms with Crippen LogP contribution in [0.4, 0.5) is 4.39 Å². The summed E-state index contributed by atoms with van der Waals surface area (Å²) in [5.41, 5.74) is 0.860. The van der Waals surface area contributed by atoms with Crippen molar-refractivity contribution in [1.29, 1.82) is 0 Å². The fourth-order valence-corrected chi connectivity index (χ4v) is 3.01. The van der Waals surface area contributed by atoms with Gasteiger partial charge in [-0.15, -0.1) is 0 Å². The Bertz CT molecular complexity index is 425. The smallest absolute Gasteiger partial charge is 0.126 e. The first-order valence-corrected chi connectivity index (χ1v) is 6.31. The Morgan fingerprint density at radius 3 is 2.53 bits per heavy atom. The van der Waals surface area contributed by atoms with E-state index in [0.717, 1.165) is 31.2 Å². The van der Waals surface area contributed by atoms with Gasteiger partial charge in [0.2, 0.25) is 0 Å². The van der Waals surface area contributed by atoms with E-state index in [0.29, 0.717) is 5.56 Å². The lowest BCUT2D eigenvalue weighted by Crippen LogP contribution is -2.36. The molecule has 1 fully saturated rings. The zero-order valence-electron chi connectivity index (χ0n) is 10.9. The molecule has 1 aromatic rings. The lowest BCUT2D eigenvalue weighted by Gasteiger charge is -2.42. The highest BCUT2D eigenvalue weighted by Gasteiger charge is 2.39. The Hall–Kier alpha value is -0.890. The van der Waals surface area contributed by atoms with Gasteiger partial charge >= 0.3 is 0 Å². The van der Waals surface area contributed by atoms with Crippen molar-refractivity contribution >= 4 is 0 Å². The van der Waals surface area contributed by atoms with Crippen molar-refractivity contribution in [2.75, 3.05) is 0 Å². The fraction of sp³-hybridized carbons (Fsp3) is 0.600. The Morgan fingerprint density at radius 1 is 1.24 bits per heavy atom. The third-order valence-corrected chi connectivity index (χ3v) is 3.91. The summed E-state index contributed by atoms with van der Waals surface area (Å²) in [6, 6.07) is 4.98. The van der Waals surface area contributed by atoms with Crippen LogP contribution < -0.4 is 0 Å². The van der Waals surface area contributed by atoms with Gasteiger partial charge in [0.1, 0.15) is 5.82 Å². The predicted octanol–water partition coefficient (Wildman–Crippen LogP) is 3.92. The summed E-state index contributed by atoms with van der Waals surface area (Å²) in [6.07, 6.45) is 3.71. The Kier molecular flexibility index (Phi) is 3.03. The van der Waals surface area contributed by atoms with Crippen LogP contribution in [0.5, 0.6) is 0 Å². The molecule has 2 heteroatoms. The third kappa shape index (κ3) is 2.52. The first-order valence-electron chi connectivity index (χ1n) is 6.31. The summed E-state index contributed by atoms with van der Waals surface area (Å²) in [5.74, 6) is -0.201. The van der Waals surface area contributed by atoms with Crippen LogP contribution in [0.2, 0.25) is 0 Å². The highest BCUT2D eigenvalue weighted by molar-refractivity contribution is 5.29. The largest absolute Gasteiger partial charge is 0.385 e. The molecule has 1 unspecified atom stereocenters. The second-order valence-corrected chi connectivity index (χ2v) is 6.19. The zero-order valence-corrected chi connectivity index (χ0v) is 10.9.